The second-order valence-electron chi connectivity index (χ2n) is 8.37. The van der Waals surface area contributed by atoms with Crippen LogP contribution in [0, 0.1) is 11.3 Å². The van der Waals surface area contributed by atoms with Crippen LogP contribution in [0.2, 0.25) is 0 Å². The van der Waals surface area contributed by atoms with E-state index in [2.05, 4.69) is 29.6 Å². The van der Waals surface area contributed by atoms with E-state index in [9.17, 15) is 9.90 Å². The molecule has 0 radical (unpaired) electrons. The van der Waals surface area contributed by atoms with Gasteiger partial charge in [-0.05, 0) is 54.1 Å². The molecule has 0 bridgehead atoms. The number of benzene rings is 3. The topological polar surface area (TPSA) is 58.6 Å². The van der Waals surface area contributed by atoms with Gasteiger partial charge in [0, 0.05) is 0 Å². The van der Waals surface area contributed by atoms with Crippen LogP contribution < -0.4 is 5.32 Å². The second kappa shape index (κ2) is 11.3. The Hall–Kier alpha value is -2.66. The third-order valence-corrected chi connectivity index (χ3v) is 6.29. The van der Waals surface area contributed by atoms with Gasteiger partial charge in [0.1, 0.15) is 0 Å². The van der Waals surface area contributed by atoms with Gasteiger partial charge in [-0.3, -0.25) is 4.79 Å². The number of carboxylic acid groups (broad SMARTS) is 1. The average Bonchev–Trinajstić information content (AvgIpc) is 3.35. The summed E-state index contributed by atoms with van der Waals surface area (Å²) in [6.45, 7) is 2.17. The first-order valence-corrected chi connectivity index (χ1v) is 10.9. The Morgan fingerprint density at radius 2 is 1.59 bits per heavy atom. The van der Waals surface area contributed by atoms with E-state index >= 15 is 0 Å². The summed E-state index contributed by atoms with van der Waals surface area (Å²) in [5, 5.41) is 13.8. The lowest BCUT2D eigenvalue weighted by Crippen LogP contribution is -2.45. The summed E-state index contributed by atoms with van der Waals surface area (Å²) >= 11 is 0. The monoisotopic (exact) mass is 451 g/mol. The number of halogens is 1. The molecular formula is C27H30ClNO3. The fraction of sp³-hybridized carbons (Fsp3) is 0.296. The molecule has 3 aromatic rings. The van der Waals surface area contributed by atoms with Crippen molar-refractivity contribution in [3.05, 3.63) is 96.1 Å². The number of carboxylic acids is 1. The summed E-state index contributed by atoms with van der Waals surface area (Å²) in [5.74, 6) is -0.750. The predicted molar refractivity (Wildman–Crippen MR) is 130 cm³/mol. The molecule has 0 saturated carbocycles. The van der Waals surface area contributed by atoms with E-state index in [0.29, 0.717) is 19.6 Å². The van der Waals surface area contributed by atoms with Crippen LogP contribution in [0.25, 0.3) is 11.1 Å². The Morgan fingerprint density at radius 3 is 2.25 bits per heavy atom. The lowest BCUT2D eigenvalue weighted by molar-refractivity contribution is -0.158. The van der Waals surface area contributed by atoms with Crippen LogP contribution in [0.15, 0.2) is 84.9 Å². The molecule has 4 nitrogen and oxygen atoms in total. The molecule has 0 amide bonds. The van der Waals surface area contributed by atoms with Gasteiger partial charge in [-0.15, -0.1) is 12.4 Å². The summed E-state index contributed by atoms with van der Waals surface area (Å²) in [7, 11) is 0. The van der Waals surface area contributed by atoms with E-state index in [4.69, 9.17) is 4.74 Å². The normalized spacial score (nSPS) is 17.3. The van der Waals surface area contributed by atoms with Crippen molar-refractivity contribution in [1.82, 2.24) is 5.32 Å². The first kappa shape index (κ1) is 24.0. The highest BCUT2D eigenvalue weighted by atomic mass is 35.5. The molecule has 0 aliphatic carbocycles. The van der Waals surface area contributed by atoms with E-state index < -0.39 is 11.4 Å². The molecule has 5 heteroatoms. The highest BCUT2D eigenvalue weighted by Crippen LogP contribution is 2.38. The van der Waals surface area contributed by atoms with Crippen LogP contribution in [-0.2, 0) is 22.6 Å². The van der Waals surface area contributed by atoms with Crippen molar-refractivity contribution in [2.75, 3.05) is 19.7 Å². The van der Waals surface area contributed by atoms with Crippen LogP contribution in [0.1, 0.15) is 17.5 Å². The van der Waals surface area contributed by atoms with Crippen molar-refractivity contribution >= 4 is 18.4 Å². The Labute approximate surface area is 196 Å². The van der Waals surface area contributed by atoms with Gasteiger partial charge in [0.25, 0.3) is 0 Å². The first-order valence-electron chi connectivity index (χ1n) is 10.9. The molecule has 0 spiro atoms. The first-order chi connectivity index (χ1) is 15.2. The number of nitrogens with one attached hydrogen (secondary N) is 1. The molecule has 1 saturated heterocycles. The lowest BCUT2D eigenvalue weighted by atomic mass is 9.71. The van der Waals surface area contributed by atoms with Gasteiger partial charge in [-0.2, -0.15) is 0 Å². The van der Waals surface area contributed by atoms with Gasteiger partial charge < -0.3 is 15.2 Å². The maximum Gasteiger partial charge on any atom is 0.312 e. The lowest BCUT2D eigenvalue weighted by Gasteiger charge is -2.35. The van der Waals surface area contributed by atoms with Crippen molar-refractivity contribution in [1.29, 1.82) is 0 Å². The predicted octanol–water partition coefficient (Wildman–Crippen LogP) is 5.22. The minimum Gasteiger partial charge on any atom is -0.481 e. The van der Waals surface area contributed by atoms with Gasteiger partial charge in [0.15, 0.2) is 0 Å². The molecule has 1 aliphatic heterocycles. The Bertz CT molecular complexity index is 990. The number of hydrogen-bond acceptors (Lipinski definition) is 3. The zero-order valence-electron chi connectivity index (χ0n) is 18.1. The standard InChI is InChI=1S/C27H29NO3.ClH/c29-26(30)27(25-14-15-28-18-25,20-31-19-21-8-3-1-4-9-21)17-22-10-7-13-24(16-22)23-11-5-2-6-12-23;/h1-13,16,25,28H,14-15,17-20H2,(H,29,30);1H/t25-,27?;/m0./s1. The van der Waals surface area contributed by atoms with Crippen molar-refractivity contribution in [2.45, 2.75) is 19.4 Å². The second-order valence-corrected chi connectivity index (χ2v) is 8.37. The molecule has 4 rings (SSSR count). The summed E-state index contributed by atoms with van der Waals surface area (Å²) in [4.78, 5) is 12.7. The van der Waals surface area contributed by atoms with Crippen molar-refractivity contribution in [2.24, 2.45) is 11.3 Å². The molecular weight excluding hydrogens is 422 g/mol. The van der Waals surface area contributed by atoms with Gasteiger partial charge in [0.2, 0.25) is 0 Å². The van der Waals surface area contributed by atoms with Crippen LogP contribution in [0.4, 0.5) is 0 Å². The zero-order chi connectivity index (χ0) is 21.5. The third-order valence-electron chi connectivity index (χ3n) is 6.29. The highest BCUT2D eigenvalue weighted by molar-refractivity contribution is 5.85. The molecule has 32 heavy (non-hydrogen) atoms. The summed E-state index contributed by atoms with van der Waals surface area (Å²) in [6, 6.07) is 28.3. The summed E-state index contributed by atoms with van der Waals surface area (Å²) in [5.41, 5.74) is 3.35. The molecule has 1 aliphatic rings. The van der Waals surface area contributed by atoms with Crippen LogP contribution >= 0.6 is 12.4 Å². The maximum atomic E-state index is 12.7. The smallest absolute Gasteiger partial charge is 0.312 e. The Kier molecular flexibility index (Phi) is 8.46. The maximum absolute atomic E-state index is 12.7. The molecule has 2 N–H and O–H groups in total. The van der Waals surface area contributed by atoms with Crippen molar-refractivity contribution in [3.63, 3.8) is 0 Å². The van der Waals surface area contributed by atoms with Gasteiger partial charge in [-0.1, -0.05) is 84.9 Å². The van der Waals surface area contributed by atoms with Gasteiger partial charge in [0.05, 0.1) is 18.6 Å². The summed E-state index contributed by atoms with van der Waals surface area (Å²) < 4.78 is 6.04. The number of carbonyl (C=O) groups is 1. The highest BCUT2D eigenvalue weighted by Gasteiger charge is 2.47. The van der Waals surface area contributed by atoms with Gasteiger partial charge in [-0.25, -0.2) is 0 Å². The molecule has 1 heterocycles. The van der Waals surface area contributed by atoms with E-state index in [1.807, 2.05) is 60.7 Å². The number of ether oxygens (including phenoxy) is 1. The number of rotatable bonds is 9. The van der Waals surface area contributed by atoms with Crippen molar-refractivity contribution in [3.8, 4) is 11.1 Å². The van der Waals surface area contributed by atoms with Gasteiger partial charge >= 0.3 is 5.97 Å². The quantitative estimate of drug-likeness (QED) is 0.468. The Morgan fingerprint density at radius 1 is 0.938 bits per heavy atom. The van der Waals surface area contributed by atoms with Crippen LogP contribution in [-0.4, -0.2) is 30.8 Å². The molecule has 3 aromatic carbocycles. The zero-order valence-corrected chi connectivity index (χ0v) is 18.9. The van der Waals surface area contributed by atoms with Crippen molar-refractivity contribution < 1.29 is 14.6 Å². The largest absolute Gasteiger partial charge is 0.481 e. The SMILES string of the molecule is Cl.O=C(O)C(COCc1ccccc1)(Cc1cccc(-c2ccccc2)c1)[C@H]1CCNC1. The average molecular weight is 452 g/mol. The molecule has 168 valence electrons. The minimum atomic E-state index is -0.965. The molecule has 1 fully saturated rings. The van der Waals surface area contributed by atoms with E-state index in [0.717, 1.165) is 35.2 Å². The van der Waals surface area contributed by atoms with E-state index in [1.165, 1.54) is 0 Å². The fourth-order valence-corrected chi connectivity index (χ4v) is 4.53. The fourth-order valence-electron chi connectivity index (χ4n) is 4.53. The van der Waals surface area contributed by atoms with E-state index in [-0.39, 0.29) is 24.9 Å². The molecule has 2 atom stereocenters. The van der Waals surface area contributed by atoms with E-state index in [1.54, 1.807) is 0 Å². The van der Waals surface area contributed by atoms with Crippen LogP contribution in [0.5, 0.6) is 0 Å². The minimum absolute atomic E-state index is 0. The Balaban J connectivity index is 0.00000289. The van der Waals surface area contributed by atoms with Crippen LogP contribution in [0.3, 0.4) is 0 Å². The number of aliphatic carboxylic acids is 1. The third kappa shape index (κ3) is 5.57. The number of hydrogen-bond donors (Lipinski definition) is 2. The molecule has 0 aromatic heterocycles. The molecule has 1 unspecified atom stereocenters. The summed E-state index contributed by atoms with van der Waals surface area (Å²) in [6.07, 6.45) is 1.30.